The van der Waals surface area contributed by atoms with Crippen LogP contribution in [-0.2, 0) is 17.9 Å². The summed E-state index contributed by atoms with van der Waals surface area (Å²) in [7, 11) is 1.60. The molecule has 0 radical (unpaired) electrons. The molecule has 5 rings (SSSR count). The minimum atomic E-state index is -0.294. The number of hydrogen-bond acceptors (Lipinski definition) is 7. The maximum absolute atomic E-state index is 13.4. The number of nitrogens with zero attached hydrogens (tertiary/aromatic N) is 4. The summed E-state index contributed by atoms with van der Waals surface area (Å²) in [6, 6.07) is 18.6. The van der Waals surface area contributed by atoms with E-state index in [1.165, 1.54) is 0 Å². The first-order chi connectivity index (χ1) is 17.9. The quantitative estimate of drug-likeness (QED) is 0.362. The van der Waals surface area contributed by atoms with Crippen molar-refractivity contribution in [2.24, 2.45) is 0 Å². The van der Waals surface area contributed by atoms with Gasteiger partial charge in [-0.15, -0.1) is 0 Å². The number of aromatic nitrogens is 4. The van der Waals surface area contributed by atoms with Gasteiger partial charge in [0.05, 0.1) is 12.5 Å². The van der Waals surface area contributed by atoms with Gasteiger partial charge >= 0.3 is 0 Å². The van der Waals surface area contributed by atoms with Crippen molar-refractivity contribution >= 4 is 16.9 Å². The van der Waals surface area contributed by atoms with Gasteiger partial charge in [-0.25, -0.2) is 4.98 Å². The summed E-state index contributed by atoms with van der Waals surface area (Å²) in [5, 5.41) is 7.36. The normalized spacial score (nSPS) is 11.0. The van der Waals surface area contributed by atoms with Crippen LogP contribution in [0, 0.1) is 13.8 Å². The van der Waals surface area contributed by atoms with E-state index in [2.05, 4.69) is 20.4 Å². The van der Waals surface area contributed by atoms with Crippen LogP contribution in [0.3, 0.4) is 0 Å². The van der Waals surface area contributed by atoms with Gasteiger partial charge in [0.1, 0.15) is 23.5 Å². The van der Waals surface area contributed by atoms with Crippen molar-refractivity contribution < 1.29 is 14.1 Å². The van der Waals surface area contributed by atoms with E-state index >= 15 is 0 Å². The van der Waals surface area contributed by atoms with Crippen LogP contribution in [0.4, 0.5) is 0 Å². The van der Waals surface area contributed by atoms with Crippen LogP contribution in [0.2, 0.25) is 0 Å². The maximum atomic E-state index is 13.4. The maximum Gasteiger partial charge on any atom is 0.263 e. The first kappa shape index (κ1) is 23.9. The third kappa shape index (κ3) is 4.97. The Balaban J connectivity index is 1.47. The molecule has 0 saturated carbocycles. The zero-order valence-corrected chi connectivity index (χ0v) is 20.7. The Morgan fingerprint density at radius 3 is 2.54 bits per heavy atom. The Hall–Kier alpha value is -4.79. The third-order valence-corrected chi connectivity index (χ3v) is 6.07. The first-order valence-electron chi connectivity index (χ1n) is 11.7. The van der Waals surface area contributed by atoms with Gasteiger partial charge in [-0.2, -0.15) is 4.98 Å². The predicted molar refractivity (Wildman–Crippen MR) is 139 cm³/mol. The highest BCUT2D eigenvalue weighted by atomic mass is 16.5. The largest absolute Gasteiger partial charge is 0.497 e. The van der Waals surface area contributed by atoms with Crippen LogP contribution in [-0.4, -0.2) is 32.7 Å². The van der Waals surface area contributed by atoms with Crippen molar-refractivity contribution in [1.82, 2.24) is 25.0 Å². The predicted octanol–water partition coefficient (Wildman–Crippen LogP) is 4.06. The van der Waals surface area contributed by atoms with Gasteiger partial charge in [-0.3, -0.25) is 9.59 Å². The van der Waals surface area contributed by atoms with E-state index in [-0.39, 0.29) is 29.3 Å². The molecule has 0 atom stereocenters. The Kier molecular flexibility index (Phi) is 6.51. The van der Waals surface area contributed by atoms with Crippen LogP contribution in [0.1, 0.15) is 16.8 Å². The van der Waals surface area contributed by atoms with Gasteiger partial charge < -0.3 is 19.1 Å². The third-order valence-electron chi connectivity index (χ3n) is 6.07. The van der Waals surface area contributed by atoms with Gasteiger partial charge in [0.2, 0.25) is 17.2 Å². The number of carbonyl (C=O) groups excluding carboxylic acids is 1. The molecule has 0 aliphatic carbocycles. The van der Waals surface area contributed by atoms with Crippen molar-refractivity contribution in [2.75, 3.05) is 7.11 Å². The van der Waals surface area contributed by atoms with E-state index in [0.29, 0.717) is 23.4 Å². The number of nitrogens with one attached hydrogen (secondary N) is 1. The van der Waals surface area contributed by atoms with Crippen LogP contribution in [0.5, 0.6) is 5.75 Å². The van der Waals surface area contributed by atoms with Crippen molar-refractivity contribution in [3.05, 3.63) is 93.9 Å². The molecule has 9 heteroatoms. The number of pyridine rings is 2. The molecule has 3 heterocycles. The number of hydrogen-bond donors (Lipinski definition) is 1. The molecular formula is C28H25N5O4. The van der Waals surface area contributed by atoms with Crippen LogP contribution < -0.4 is 15.5 Å². The number of aryl methyl sites for hydroxylation is 2. The summed E-state index contributed by atoms with van der Waals surface area (Å²) in [4.78, 5) is 35.3. The molecule has 0 spiro atoms. The number of carbonyl (C=O) groups is 1. The number of amides is 1. The molecule has 9 nitrogen and oxygen atoms in total. The molecule has 0 aliphatic rings. The lowest BCUT2D eigenvalue weighted by atomic mass is 10.1. The SMILES string of the molecule is COc1ccc(CNC(=O)Cn2cc(-c3nc(-c4ccccc4C)no3)c(=O)c3ccc(C)nc32)cc1. The van der Waals surface area contributed by atoms with E-state index in [1.807, 2.05) is 62.4 Å². The molecule has 37 heavy (non-hydrogen) atoms. The second-order valence-corrected chi connectivity index (χ2v) is 8.69. The van der Waals surface area contributed by atoms with Crippen molar-refractivity contribution in [2.45, 2.75) is 26.9 Å². The fourth-order valence-corrected chi connectivity index (χ4v) is 4.05. The Morgan fingerprint density at radius 1 is 1.00 bits per heavy atom. The number of fused-ring (bicyclic) bond motifs is 1. The topological polar surface area (TPSA) is 112 Å². The number of ether oxygens (including phenoxy) is 1. The van der Waals surface area contributed by atoms with Crippen LogP contribution >= 0.6 is 0 Å². The summed E-state index contributed by atoms with van der Waals surface area (Å²) in [5.41, 5.74) is 3.78. The molecule has 0 aliphatic heterocycles. The zero-order chi connectivity index (χ0) is 25.9. The lowest BCUT2D eigenvalue weighted by Crippen LogP contribution is -2.28. The molecule has 0 bridgehead atoms. The highest BCUT2D eigenvalue weighted by molar-refractivity contribution is 5.83. The molecule has 0 saturated heterocycles. The number of benzene rings is 2. The number of rotatable bonds is 7. The fourth-order valence-electron chi connectivity index (χ4n) is 4.05. The molecule has 0 fully saturated rings. The van der Waals surface area contributed by atoms with E-state index in [9.17, 15) is 9.59 Å². The van der Waals surface area contributed by atoms with E-state index in [0.717, 1.165) is 28.1 Å². The van der Waals surface area contributed by atoms with Gasteiger partial charge in [-0.05, 0) is 49.2 Å². The molecule has 186 valence electrons. The number of methoxy groups -OCH3 is 1. The summed E-state index contributed by atoms with van der Waals surface area (Å²) in [5.74, 6) is 0.980. The smallest absolute Gasteiger partial charge is 0.263 e. The minimum absolute atomic E-state index is 0.0465. The van der Waals surface area contributed by atoms with Gasteiger partial charge in [0.15, 0.2) is 0 Å². The fraction of sp³-hybridized carbons (Fsp3) is 0.179. The Morgan fingerprint density at radius 2 is 1.78 bits per heavy atom. The average molecular weight is 496 g/mol. The minimum Gasteiger partial charge on any atom is -0.497 e. The Bertz CT molecular complexity index is 1650. The second kappa shape index (κ2) is 10.1. The van der Waals surface area contributed by atoms with Crippen LogP contribution in [0.25, 0.3) is 33.9 Å². The van der Waals surface area contributed by atoms with Gasteiger partial charge in [-0.1, -0.05) is 41.6 Å². The first-order valence-corrected chi connectivity index (χ1v) is 11.7. The van der Waals surface area contributed by atoms with E-state index in [4.69, 9.17) is 9.26 Å². The summed E-state index contributed by atoms with van der Waals surface area (Å²) >= 11 is 0. The molecule has 1 amide bonds. The molecule has 5 aromatic rings. The summed E-state index contributed by atoms with van der Waals surface area (Å²) in [6.45, 7) is 4.09. The summed E-state index contributed by atoms with van der Waals surface area (Å²) < 4.78 is 12.3. The highest BCUT2D eigenvalue weighted by Crippen LogP contribution is 2.24. The van der Waals surface area contributed by atoms with Crippen molar-refractivity contribution in [3.63, 3.8) is 0 Å². The molecule has 2 aromatic carbocycles. The van der Waals surface area contributed by atoms with Crippen molar-refractivity contribution in [1.29, 1.82) is 0 Å². The zero-order valence-electron chi connectivity index (χ0n) is 20.7. The average Bonchev–Trinajstić information content (AvgIpc) is 3.39. The van der Waals surface area contributed by atoms with Gasteiger partial charge in [0.25, 0.3) is 5.89 Å². The van der Waals surface area contributed by atoms with E-state index < -0.39 is 0 Å². The molecular weight excluding hydrogens is 470 g/mol. The standard InChI is InChI=1S/C28H25N5O4/c1-17-6-4-5-7-21(17)26-31-28(37-32-26)23-15-33(27-22(25(23)35)13-8-18(2)30-27)16-24(34)29-14-19-9-11-20(36-3)12-10-19/h4-13,15H,14,16H2,1-3H3,(H,29,34). The lowest BCUT2D eigenvalue weighted by Gasteiger charge is -2.12. The summed E-state index contributed by atoms with van der Waals surface area (Å²) in [6.07, 6.45) is 1.55. The van der Waals surface area contributed by atoms with Gasteiger partial charge in [0, 0.05) is 24.0 Å². The monoisotopic (exact) mass is 495 g/mol. The lowest BCUT2D eigenvalue weighted by molar-refractivity contribution is -0.121. The van der Waals surface area contributed by atoms with E-state index in [1.54, 1.807) is 30.0 Å². The highest BCUT2D eigenvalue weighted by Gasteiger charge is 2.19. The molecule has 3 aromatic heterocycles. The van der Waals surface area contributed by atoms with Crippen molar-refractivity contribution in [3.8, 4) is 28.6 Å². The second-order valence-electron chi connectivity index (χ2n) is 8.69. The Labute approximate surface area is 212 Å². The molecule has 0 unspecified atom stereocenters. The molecule has 1 N–H and O–H groups in total. The van der Waals surface area contributed by atoms with Crippen LogP contribution in [0.15, 0.2) is 76.2 Å².